The lowest BCUT2D eigenvalue weighted by atomic mass is 10.1. The number of nitrogens with one attached hydrogen (secondary N) is 1. The molecule has 3 heteroatoms. The van der Waals surface area contributed by atoms with E-state index in [1.54, 1.807) is 12.5 Å². The van der Waals surface area contributed by atoms with Crippen LogP contribution in [-0.4, -0.2) is 13.1 Å². The van der Waals surface area contributed by atoms with Gasteiger partial charge in [0.25, 0.3) is 0 Å². The van der Waals surface area contributed by atoms with Crippen molar-refractivity contribution in [2.24, 2.45) is 5.73 Å². The maximum atomic E-state index is 5.62. The highest BCUT2D eigenvalue weighted by molar-refractivity contribution is 5.12. The van der Waals surface area contributed by atoms with Gasteiger partial charge in [0.15, 0.2) is 0 Å². The minimum absolute atomic E-state index is 0.162. The zero-order chi connectivity index (χ0) is 9.68. The molecule has 13 heavy (non-hydrogen) atoms. The highest BCUT2D eigenvalue weighted by Crippen LogP contribution is 2.11. The summed E-state index contributed by atoms with van der Waals surface area (Å²) in [5.41, 5.74) is 7.80. The molecule has 0 saturated carbocycles. The molecule has 1 atom stereocenters. The van der Waals surface area contributed by atoms with Crippen molar-refractivity contribution in [1.29, 1.82) is 0 Å². The van der Waals surface area contributed by atoms with Crippen LogP contribution in [-0.2, 0) is 0 Å². The van der Waals surface area contributed by atoms with Crippen molar-refractivity contribution >= 4 is 0 Å². The van der Waals surface area contributed by atoms with Crippen LogP contribution in [0.15, 0.2) is 35.2 Å². The smallest absolute Gasteiger partial charge is 0.0950 e. The van der Waals surface area contributed by atoms with E-state index in [0.29, 0.717) is 6.54 Å². The Labute approximate surface area is 78.6 Å². The summed E-state index contributed by atoms with van der Waals surface area (Å²) in [6.07, 6.45) is 3.36. The number of hydrogen-bond acceptors (Lipinski definition) is 3. The van der Waals surface area contributed by atoms with Gasteiger partial charge in [-0.15, -0.1) is 0 Å². The van der Waals surface area contributed by atoms with Crippen molar-refractivity contribution in [2.75, 3.05) is 13.1 Å². The summed E-state index contributed by atoms with van der Waals surface area (Å²) in [5, 5.41) is 3.29. The van der Waals surface area contributed by atoms with Crippen LogP contribution in [0.5, 0.6) is 0 Å². The van der Waals surface area contributed by atoms with E-state index in [0.717, 1.165) is 17.7 Å². The van der Waals surface area contributed by atoms with E-state index < -0.39 is 0 Å². The van der Waals surface area contributed by atoms with E-state index >= 15 is 0 Å². The second-order valence-corrected chi connectivity index (χ2v) is 3.18. The first kappa shape index (κ1) is 10.0. The Morgan fingerprint density at radius 3 is 3.00 bits per heavy atom. The maximum Gasteiger partial charge on any atom is 0.0950 e. The summed E-state index contributed by atoms with van der Waals surface area (Å²) in [6, 6.07) is 2.08. The third-order valence-electron chi connectivity index (χ3n) is 1.83. The lowest BCUT2D eigenvalue weighted by molar-refractivity contribution is 0.535. The lowest BCUT2D eigenvalue weighted by Crippen LogP contribution is -2.28. The van der Waals surface area contributed by atoms with E-state index in [9.17, 15) is 0 Å². The van der Waals surface area contributed by atoms with Crippen LogP contribution in [0.4, 0.5) is 0 Å². The zero-order valence-corrected chi connectivity index (χ0v) is 7.92. The fourth-order valence-corrected chi connectivity index (χ4v) is 1.11. The molecule has 0 spiro atoms. The van der Waals surface area contributed by atoms with Crippen LogP contribution < -0.4 is 11.1 Å². The van der Waals surface area contributed by atoms with Crippen LogP contribution in [0.2, 0.25) is 0 Å². The Bertz CT molecular complexity index is 254. The molecule has 0 aliphatic heterocycles. The van der Waals surface area contributed by atoms with Gasteiger partial charge < -0.3 is 15.5 Å². The Balaban J connectivity index is 2.49. The van der Waals surface area contributed by atoms with Crippen molar-refractivity contribution < 1.29 is 4.42 Å². The first-order chi connectivity index (χ1) is 6.24. The molecule has 0 amide bonds. The Morgan fingerprint density at radius 2 is 2.54 bits per heavy atom. The van der Waals surface area contributed by atoms with Crippen LogP contribution in [0.3, 0.4) is 0 Å². The molecular weight excluding hydrogens is 164 g/mol. The topological polar surface area (TPSA) is 51.2 Å². The van der Waals surface area contributed by atoms with Gasteiger partial charge in [-0.25, -0.2) is 0 Å². The first-order valence-corrected chi connectivity index (χ1v) is 4.34. The summed E-state index contributed by atoms with van der Waals surface area (Å²) in [5.74, 6) is 0. The molecule has 1 aromatic rings. The molecule has 1 aromatic heterocycles. The Hall–Kier alpha value is -1.06. The van der Waals surface area contributed by atoms with Gasteiger partial charge >= 0.3 is 0 Å². The summed E-state index contributed by atoms with van der Waals surface area (Å²) in [4.78, 5) is 0. The first-order valence-electron chi connectivity index (χ1n) is 4.34. The number of hydrogen-bond donors (Lipinski definition) is 2. The standard InChI is InChI=1S/C10H16N2O/c1-8(2)6-12-10(5-11)9-3-4-13-7-9/h3-4,7,10,12H,1,5-6,11H2,2H3. The van der Waals surface area contributed by atoms with Crippen molar-refractivity contribution in [1.82, 2.24) is 5.32 Å². The molecular formula is C10H16N2O. The molecule has 3 N–H and O–H groups in total. The molecule has 1 heterocycles. The highest BCUT2D eigenvalue weighted by atomic mass is 16.3. The summed E-state index contributed by atoms with van der Waals surface area (Å²) in [7, 11) is 0. The number of furan rings is 1. The average Bonchev–Trinajstić information content (AvgIpc) is 2.58. The predicted octanol–water partition coefficient (Wildman–Crippen LogP) is 1.45. The largest absolute Gasteiger partial charge is 0.472 e. The molecule has 0 aliphatic rings. The van der Waals surface area contributed by atoms with Crippen LogP contribution in [0, 0.1) is 0 Å². The number of nitrogens with two attached hydrogens (primary N) is 1. The second-order valence-electron chi connectivity index (χ2n) is 3.18. The van der Waals surface area contributed by atoms with Crippen molar-refractivity contribution in [2.45, 2.75) is 13.0 Å². The molecule has 0 fully saturated rings. The highest BCUT2D eigenvalue weighted by Gasteiger charge is 2.08. The van der Waals surface area contributed by atoms with Crippen LogP contribution in [0.25, 0.3) is 0 Å². The Kier molecular flexibility index (Phi) is 3.73. The normalized spacial score (nSPS) is 12.8. The van der Waals surface area contributed by atoms with Gasteiger partial charge in [-0.05, 0) is 13.0 Å². The SMILES string of the molecule is C=C(C)CNC(CN)c1ccoc1. The molecule has 1 rings (SSSR count). The fourth-order valence-electron chi connectivity index (χ4n) is 1.11. The quantitative estimate of drug-likeness (QED) is 0.674. The van der Waals surface area contributed by atoms with Gasteiger partial charge in [0.1, 0.15) is 0 Å². The van der Waals surface area contributed by atoms with Crippen molar-refractivity contribution in [3.8, 4) is 0 Å². The van der Waals surface area contributed by atoms with Crippen molar-refractivity contribution in [3.05, 3.63) is 36.3 Å². The predicted molar refractivity (Wildman–Crippen MR) is 53.3 cm³/mol. The van der Waals surface area contributed by atoms with E-state index in [1.807, 2.05) is 13.0 Å². The van der Waals surface area contributed by atoms with Gasteiger partial charge in [-0.2, -0.15) is 0 Å². The van der Waals surface area contributed by atoms with Crippen LogP contribution in [0.1, 0.15) is 18.5 Å². The molecule has 0 saturated heterocycles. The van der Waals surface area contributed by atoms with Gasteiger partial charge in [0.2, 0.25) is 0 Å². The zero-order valence-electron chi connectivity index (χ0n) is 7.92. The molecule has 0 bridgehead atoms. The lowest BCUT2D eigenvalue weighted by Gasteiger charge is -2.14. The molecule has 1 unspecified atom stereocenters. The fraction of sp³-hybridized carbons (Fsp3) is 0.400. The third-order valence-corrected chi connectivity index (χ3v) is 1.83. The molecule has 72 valence electrons. The molecule has 0 aliphatic carbocycles. The Morgan fingerprint density at radius 1 is 1.77 bits per heavy atom. The monoisotopic (exact) mass is 180 g/mol. The van der Waals surface area contributed by atoms with E-state index in [-0.39, 0.29) is 6.04 Å². The molecule has 0 aromatic carbocycles. The average molecular weight is 180 g/mol. The summed E-state index contributed by atoms with van der Waals surface area (Å²) in [6.45, 7) is 7.15. The summed E-state index contributed by atoms with van der Waals surface area (Å²) >= 11 is 0. The third kappa shape index (κ3) is 3.05. The minimum atomic E-state index is 0.162. The van der Waals surface area contributed by atoms with E-state index in [1.165, 1.54) is 0 Å². The van der Waals surface area contributed by atoms with E-state index in [2.05, 4.69) is 11.9 Å². The minimum Gasteiger partial charge on any atom is -0.472 e. The van der Waals surface area contributed by atoms with Gasteiger partial charge in [0, 0.05) is 24.7 Å². The van der Waals surface area contributed by atoms with Crippen LogP contribution >= 0.6 is 0 Å². The van der Waals surface area contributed by atoms with Gasteiger partial charge in [-0.3, -0.25) is 0 Å². The second kappa shape index (κ2) is 4.84. The number of rotatable bonds is 5. The van der Waals surface area contributed by atoms with Gasteiger partial charge in [-0.1, -0.05) is 12.2 Å². The summed E-state index contributed by atoms with van der Waals surface area (Å²) < 4.78 is 4.99. The molecule has 3 nitrogen and oxygen atoms in total. The van der Waals surface area contributed by atoms with Gasteiger partial charge in [0.05, 0.1) is 12.5 Å². The van der Waals surface area contributed by atoms with E-state index in [4.69, 9.17) is 10.2 Å². The van der Waals surface area contributed by atoms with Crippen molar-refractivity contribution in [3.63, 3.8) is 0 Å². The molecule has 0 radical (unpaired) electrons. The maximum absolute atomic E-state index is 5.62.